The van der Waals surface area contributed by atoms with Crippen molar-refractivity contribution in [2.45, 2.75) is 20.4 Å². The third kappa shape index (κ3) is 2.77. The molecular formula is C21H21NO5. The summed E-state index contributed by atoms with van der Waals surface area (Å²) >= 11 is 0. The lowest BCUT2D eigenvalue weighted by Gasteiger charge is -2.31. The van der Waals surface area contributed by atoms with Crippen LogP contribution in [0.25, 0.3) is 11.0 Å². The molecule has 1 aliphatic heterocycles. The van der Waals surface area contributed by atoms with Crippen LogP contribution in [0.15, 0.2) is 39.5 Å². The van der Waals surface area contributed by atoms with Crippen molar-refractivity contribution in [3.05, 3.63) is 57.4 Å². The molecule has 0 N–H and O–H groups in total. The van der Waals surface area contributed by atoms with Crippen molar-refractivity contribution in [1.29, 1.82) is 0 Å². The van der Waals surface area contributed by atoms with E-state index in [1.165, 1.54) is 0 Å². The van der Waals surface area contributed by atoms with E-state index in [2.05, 4.69) is 4.90 Å². The highest BCUT2D eigenvalue weighted by Crippen LogP contribution is 2.37. The van der Waals surface area contributed by atoms with Gasteiger partial charge in [0.1, 0.15) is 11.3 Å². The molecule has 0 fully saturated rings. The van der Waals surface area contributed by atoms with Gasteiger partial charge in [0.25, 0.3) is 0 Å². The van der Waals surface area contributed by atoms with Crippen LogP contribution in [-0.2, 0) is 6.54 Å². The summed E-state index contributed by atoms with van der Waals surface area (Å²) in [4.78, 5) is 14.2. The van der Waals surface area contributed by atoms with Crippen molar-refractivity contribution >= 4 is 16.7 Å². The first kappa shape index (κ1) is 17.3. The molecule has 27 heavy (non-hydrogen) atoms. The molecule has 0 spiro atoms. The Kier molecular flexibility index (Phi) is 4.18. The average Bonchev–Trinajstić information content (AvgIpc) is 2.71. The predicted molar refractivity (Wildman–Crippen MR) is 103 cm³/mol. The maximum Gasteiger partial charge on any atom is 0.339 e. The van der Waals surface area contributed by atoms with Gasteiger partial charge in [-0.05, 0) is 43.7 Å². The number of anilines is 1. The maximum atomic E-state index is 12.2. The number of methoxy groups -OCH3 is 2. The van der Waals surface area contributed by atoms with E-state index in [0.717, 1.165) is 28.0 Å². The molecule has 0 unspecified atom stereocenters. The van der Waals surface area contributed by atoms with Gasteiger partial charge in [-0.2, -0.15) is 0 Å². The normalized spacial score (nSPS) is 13.3. The van der Waals surface area contributed by atoms with E-state index in [4.69, 9.17) is 18.6 Å². The number of hydrogen-bond acceptors (Lipinski definition) is 6. The van der Waals surface area contributed by atoms with Crippen LogP contribution in [0, 0.1) is 13.8 Å². The van der Waals surface area contributed by atoms with Gasteiger partial charge in [-0.25, -0.2) is 4.79 Å². The fraction of sp³-hybridized carbons (Fsp3) is 0.286. The van der Waals surface area contributed by atoms with E-state index in [9.17, 15) is 4.79 Å². The molecule has 0 saturated carbocycles. The zero-order valence-electron chi connectivity index (χ0n) is 15.8. The van der Waals surface area contributed by atoms with Crippen molar-refractivity contribution in [2.75, 3.05) is 25.9 Å². The smallest absolute Gasteiger partial charge is 0.339 e. The number of benzene rings is 2. The Hall–Kier alpha value is -3.15. The van der Waals surface area contributed by atoms with E-state index in [0.29, 0.717) is 35.9 Å². The highest BCUT2D eigenvalue weighted by atomic mass is 16.5. The number of hydrogen-bond donors (Lipinski definition) is 0. The summed E-state index contributed by atoms with van der Waals surface area (Å²) in [5.74, 6) is 2.06. The van der Waals surface area contributed by atoms with Crippen LogP contribution in [0.2, 0.25) is 0 Å². The summed E-state index contributed by atoms with van der Waals surface area (Å²) in [7, 11) is 3.22. The second-order valence-corrected chi connectivity index (χ2v) is 6.57. The summed E-state index contributed by atoms with van der Waals surface area (Å²) in [5.41, 5.74) is 3.65. The number of nitrogens with zero attached hydrogens (tertiary/aromatic N) is 1. The standard InChI is InChI=1S/C21H21NO5/c1-12-13(2)21(23)27-20-15(12)6-8-17-16(20)10-22(11-26-17)14-5-7-18(24-3)19(9-14)25-4/h5-9H,10-11H2,1-4H3. The van der Waals surface area contributed by atoms with Crippen molar-refractivity contribution in [2.24, 2.45) is 0 Å². The highest BCUT2D eigenvalue weighted by Gasteiger charge is 2.23. The number of fused-ring (bicyclic) bond motifs is 3. The Morgan fingerprint density at radius 2 is 1.78 bits per heavy atom. The van der Waals surface area contributed by atoms with Crippen LogP contribution in [0.5, 0.6) is 17.2 Å². The van der Waals surface area contributed by atoms with Crippen molar-refractivity contribution in [3.63, 3.8) is 0 Å². The molecule has 3 aromatic rings. The monoisotopic (exact) mass is 367 g/mol. The highest BCUT2D eigenvalue weighted by molar-refractivity contribution is 5.86. The van der Waals surface area contributed by atoms with Crippen LogP contribution in [-0.4, -0.2) is 21.0 Å². The Morgan fingerprint density at radius 3 is 2.52 bits per heavy atom. The molecule has 1 aliphatic rings. The summed E-state index contributed by atoms with van der Waals surface area (Å²) in [6.45, 7) is 4.68. The molecule has 0 amide bonds. The molecule has 2 heterocycles. The second-order valence-electron chi connectivity index (χ2n) is 6.57. The van der Waals surface area contributed by atoms with E-state index in [1.54, 1.807) is 21.1 Å². The van der Waals surface area contributed by atoms with Gasteiger partial charge in [-0.1, -0.05) is 0 Å². The van der Waals surface area contributed by atoms with Crippen LogP contribution < -0.4 is 24.7 Å². The Morgan fingerprint density at radius 1 is 1.00 bits per heavy atom. The van der Waals surface area contributed by atoms with Gasteiger partial charge in [-0.3, -0.25) is 0 Å². The summed E-state index contributed by atoms with van der Waals surface area (Å²) in [6.07, 6.45) is 0. The molecule has 2 aromatic carbocycles. The molecule has 0 atom stereocenters. The van der Waals surface area contributed by atoms with Crippen LogP contribution in [0.1, 0.15) is 16.7 Å². The first-order valence-corrected chi connectivity index (χ1v) is 8.69. The Bertz CT molecular complexity index is 1090. The number of ether oxygens (including phenoxy) is 3. The molecule has 0 saturated heterocycles. The van der Waals surface area contributed by atoms with Gasteiger partial charge in [0.2, 0.25) is 0 Å². The molecule has 6 heteroatoms. The molecule has 140 valence electrons. The lowest BCUT2D eigenvalue weighted by molar-refractivity contribution is 0.288. The Labute approximate surface area is 156 Å². The van der Waals surface area contributed by atoms with E-state index in [-0.39, 0.29) is 5.63 Å². The largest absolute Gasteiger partial charge is 0.493 e. The molecule has 0 radical (unpaired) electrons. The van der Waals surface area contributed by atoms with Crippen LogP contribution >= 0.6 is 0 Å². The zero-order valence-corrected chi connectivity index (χ0v) is 15.8. The summed E-state index contributed by atoms with van der Waals surface area (Å²) in [6, 6.07) is 9.61. The summed E-state index contributed by atoms with van der Waals surface area (Å²) < 4.78 is 22.3. The number of aryl methyl sites for hydroxylation is 1. The van der Waals surface area contributed by atoms with Crippen molar-refractivity contribution < 1.29 is 18.6 Å². The van der Waals surface area contributed by atoms with Gasteiger partial charge in [0.05, 0.1) is 26.3 Å². The van der Waals surface area contributed by atoms with Gasteiger partial charge >= 0.3 is 5.63 Å². The molecule has 0 aliphatic carbocycles. The van der Waals surface area contributed by atoms with Gasteiger partial charge in [-0.15, -0.1) is 0 Å². The third-order valence-corrected chi connectivity index (χ3v) is 5.14. The van der Waals surface area contributed by atoms with E-state index >= 15 is 0 Å². The van der Waals surface area contributed by atoms with Gasteiger partial charge in [0, 0.05) is 22.7 Å². The zero-order chi connectivity index (χ0) is 19.1. The quantitative estimate of drug-likeness (QED) is 0.657. The fourth-order valence-electron chi connectivity index (χ4n) is 3.40. The van der Waals surface area contributed by atoms with Crippen LogP contribution in [0.4, 0.5) is 5.69 Å². The first-order valence-electron chi connectivity index (χ1n) is 8.69. The first-order chi connectivity index (χ1) is 13.0. The molecule has 0 bridgehead atoms. The topological polar surface area (TPSA) is 61.1 Å². The van der Waals surface area contributed by atoms with E-state index < -0.39 is 0 Å². The van der Waals surface area contributed by atoms with Gasteiger partial charge in [0.15, 0.2) is 18.2 Å². The van der Waals surface area contributed by atoms with Crippen molar-refractivity contribution in [1.82, 2.24) is 0 Å². The van der Waals surface area contributed by atoms with Crippen molar-refractivity contribution in [3.8, 4) is 17.2 Å². The molecule has 6 nitrogen and oxygen atoms in total. The van der Waals surface area contributed by atoms with E-state index in [1.807, 2.05) is 37.3 Å². The fourth-order valence-corrected chi connectivity index (χ4v) is 3.40. The minimum absolute atomic E-state index is 0.309. The average molecular weight is 367 g/mol. The molecule has 1 aromatic heterocycles. The van der Waals surface area contributed by atoms with Gasteiger partial charge < -0.3 is 23.5 Å². The summed E-state index contributed by atoms with van der Waals surface area (Å²) in [5, 5.41) is 0.934. The number of rotatable bonds is 3. The second kappa shape index (κ2) is 6.54. The predicted octanol–water partition coefficient (Wildman–Crippen LogP) is 3.78. The SMILES string of the molecule is COc1ccc(N2COc3ccc4c(C)c(C)c(=O)oc4c3C2)cc1OC. The lowest BCUT2D eigenvalue weighted by atomic mass is 10.0. The lowest BCUT2D eigenvalue weighted by Crippen LogP contribution is -2.32. The minimum atomic E-state index is -0.309. The third-order valence-electron chi connectivity index (χ3n) is 5.14. The maximum absolute atomic E-state index is 12.2. The molecule has 4 rings (SSSR count). The minimum Gasteiger partial charge on any atom is -0.493 e. The Balaban J connectivity index is 1.79. The molecular weight excluding hydrogens is 346 g/mol. The van der Waals surface area contributed by atoms with Crippen LogP contribution in [0.3, 0.4) is 0 Å².